The van der Waals surface area contributed by atoms with Crippen molar-refractivity contribution >= 4 is 11.9 Å². The number of ether oxygens (including phenoxy) is 1. The Morgan fingerprint density at radius 2 is 1.88 bits per heavy atom. The summed E-state index contributed by atoms with van der Waals surface area (Å²) in [6.07, 6.45) is 1.25. The van der Waals surface area contributed by atoms with Crippen molar-refractivity contribution in [3.8, 4) is 11.3 Å². The minimum absolute atomic E-state index is 0.0468. The average Bonchev–Trinajstić information content (AvgIpc) is 3.04. The standard InChI is InChI=1S/C20H23FN2O3/c1-3-26-20(25)15-8-10-23(11-9-15)19(24)17-12-18(22-13(17)2)14-4-6-16(21)7-5-14/h4-7,12,15,22H,3,8-11H2,1-2H3. The molecule has 1 aromatic heterocycles. The van der Waals surface area contributed by atoms with E-state index in [0.29, 0.717) is 38.1 Å². The van der Waals surface area contributed by atoms with E-state index in [4.69, 9.17) is 4.74 Å². The lowest BCUT2D eigenvalue weighted by atomic mass is 9.96. The van der Waals surface area contributed by atoms with Crippen molar-refractivity contribution < 1.29 is 18.7 Å². The first kappa shape index (κ1) is 18.2. The third-order valence-electron chi connectivity index (χ3n) is 4.80. The number of benzene rings is 1. The number of rotatable bonds is 4. The summed E-state index contributed by atoms with van der Waals surface area (Å²) in [5.41, 5.74) is 3.00. The lowest BCUT2D eigenvalue weighted by Gasteiger charge is -2.30. The van der Waals surface area contributed by atoms with Gasteiger partial charge >= 0.3 is 5.97 Å². The van der Waals surface area contributed by atoms with Crippen molar-refractivity contribution in [2.24, 2.45) is 5.92 Å². The van der Waals surface area contributed by atoms with Crippen molar-refractivity contribution in [3.05, 3.63) is 47.4 Å². The average molecular weight is 358 g/mol. The number of aromatic nitrogens is 1. The van der Waals surface area contributed by atoms with E-state index >= 15 is 0 Å². The van der Waals surface area contributed by atoms with E-state index in [9.17, 15) is 14.0 Å². The monoisotopic (exact) mass is 358 g/mol. The zero-order valence-corrected chi connectivity index (χ0v) is 15.0. The van der Waals surface area contributed by atoms with Gasteiger partial charge in [0.2, 0.25) is 0 Å². The summed E-state index contributed by atoms with van der Waals surface area (Å²) >= 11 is 0. The fraction of sp³-hybridized carbons (Fsp3) is 0.400. The second kappa shape index (κ2) is 7.72. The summed E-state index contributed by atoms with van der Waals surface area (Å²) in [7, 11) is 0. The maximum Gasteiger partial charge on any atom is 0.309 e. The van der Waals surface area contributed by atoms with Gasteiger partial charge in [0, 0.05) is 24.5 Å². The van der Waals surface area contributed by atoms with Crippen LogP contribution in [0.25, 0.3) is 11.3 Å². The van der Waals surface area contributed by atoms with Crippen LogP contribution < -0.4 is 0 Å². The van der Waals surface area contributed by atoms with Crippen LogP contribution in [-0.2, 0) is 9.53 Å². The van der Waals surface area contributed by atoms with Crippen molar-refractivity contribution in [1.29, 1.82) is 0 Å². The van der Waals surface area contributed by atoms with Crippen LogP contribution in [-0.4, -0.2) is 41.5 Å². The van der Waals surface area contributed by atoms with Gasteiger partial charge in [-0.05, 0) is 62.6 Å². The molecule has 1 aliphatic heterocycles. The van der Waals surface area contributed by atoms with Crippen LogP contribution in [0.5, 0.6) is 0 Å². The third kappa shape index (κ3) is 3.79. The molecule has 3 rings (SSSR count). The molecule has 0 atom stereocenters. The molecule has 1 aliphatic rings. The van der Waals surface area contributed by atoms with Gasteiger partial charge in [-0.1, -0.05) is 0 Å². The lowest BCUT2D eigenvalue weighted by molar-refractivity contribution is -0.149. The second-order valence-electron chi connectivity index (χ2n) is 6.55. The molecule has 0 spiro atoms. The van der Waals surface area contributed by atoms with Crippen molar-refractivity contribution in [2.45, 2.75) is 26.7 Å². The fourth-order valence-corrected chi connectivity index (χ4v) is 3.31. The Hall–Kier alpha value is -2.63. The molecule has 1 aromatic carbocycles. The van der Waals surface area contributed by atoms with Gasteiger partial charge < -0.3 is 14.6 Å². The summed E-state index contributed by atoms with van der Waals surface area (Å²) in [5.74, 6) is -0.635. The van der Waals surface area contributed by atoms with E-state index in [1.54, 1.807) is 24.0 Å². The van der Waals surface area contributed by atoms with Gasteiger partial charge in [0.15, 0.2) is 0 Å². The van der Waals surface area contributed by atoms with Gasteiger partial charge in [-0.3, -0.25) is 9.59 Å². The minimum atomic E-state index is -0.294. The number of hydrogen-bond donors (Lipinski definition) is 1. The number of aromatic amines is 1. The summed E-state index contributed by atoms with van der Waals surface area (Å²) in [5, 5.41) is 0. The van der Waals surface area contributed by atoms with E-state index in [0.717, 1.165) is 17.0 Å². The van der Waals surface area contributed by atoms with Crippen molar-refractivity contribution in [3.63, 3.8) is 0 Å². The highest BCUT2D eigenvalue weighted by Gasteiger charge is 2.29. The second-order valence-corrected chi connectivity index (χ2v) is 6.55. The molecule has 0 radical (unpaired) electrons. The Labute approximate surface area is 152 Å². The molecule has 0 saturated carbocycles. The van der Waals surface area contributed by atoms with E-state index in [-0.39, 0.29) is 23.6 Å². The largest absolute Gasteiger partial charge is 0.466 e. The fourth-order valence-electron chi connectivity index (χ4n) is 3.31. The summed E-state index contributed by atoms with van der Waals surface area (Å²) in [4.78, 5) is 29.7. The van der Waals surface area contributed by atoms with Gasteiger partial charge in [-0.15, -0.1) is 0 Å². The molecular formula is C20H23FN2O3. The van der Waals surface area contributed by atoms with Gasteiger partial charge in [-0.2, -0.15) is 0 Å². The van der Waals surface area contributed by atoms with Crippen LogP contribution in [0, 0.1) is 18.7 Å². The molecule has 6 heteroatoms. The number of nitrogens with one attached hydrogen (secondary N) is 1. The lowest BCUT2D eigenvalue weighted by Crippen LogP contribution is -2.40. The van der Waals surface area contributed by atoms with Crippen LogP contribution >= 0.6 is 0 Å². The van der Waals surface area contributed by atoms with Gasteiger partial charge in [0.05, 0.1) is 18.1 Å². The Balaban J connectivity index is 1.69. The summed E-state index contributed by atoms with van der Waals surface area (Å²) < 4.78 is 18.2. The van der Waals surface area contributed by atoms with Gasteiger partial charge in [0.25, 0.3) is 5.91 Å². The molecule has 5 nitrogen and oxygen atoms in total. The summed E-state index contributed by atoms with van der Waals surface area (Å²) in [6.45, 7) is 5.11. The Morgan fingerprint density at radius 3 is 2.50 bits per heavy atom. The topological polar surface area (TPSA) is 62.4 Å². The highest BCUT2D eigenvalue weighted by atomic mass is 19.1. The molecule has 0 bridgehead atoms. The van der Waals surface area contributed by atoms with Gasteiger partial charge in [0.1, 0.15) is 5.82 Å². The quantitative estimate of drug-likeness (QED) is 0.851. The first-order valence-corrected chi connectivity index (χ1v) is 8.91. The van der Waals surface area contributed by atoms with Crippen LogP contribution in [0.3, 0.4) is 0 Å². The van der Waals surface area contributed by atoms with Crippen LogP contribution in [0.1, 0.15) is 35.8 Å². The molecule has 1 N–H and O–H groups in total. The van der Waals surface area contributed by atoms with E-state index < -0.39 is 0 Å². The number of H-pyrrole nitrogens is 1. The predicted octanol–water partition coefficient (Wildman–Crippen LogP) is 3.54. The number of carbonyl (C=O) groups is 2. The number of carbonyl (C=O) groups excluding carboxylic acids is 2. The SMILES string of the molecule is CCOC(=O)C1CCN(C(=O)c2cc(-c3ccc(F)cc3)[nH]c2C)CC1. The Kier molecular flexibility index (Phi) is 5.40. The molecule has 0 unspecified atom stereocenters. The molecule has 1 fully saturated rings. The number of aryl methyl sites for hydroxylation is 1. The first-order chi connectivity index (χ1) is 12.5. The molecule has 2 aromatic rings. The molecule has 138 valence electrons. The van der Waals surface area contributed by atoms with Gasteiger partial charge in [-0.25, -0.2) is 4.39 Å². The molecular weight excluding hydrogens is 335 g/mol. The van der Waals surface area contributed by atoms with E-state index in [2.05, 4.69) is 4.98 Å². The third-order valence-corrected chi connectivity index (χ3v) is 4.80. The highest BCUT2D eigenvalue weighted by molar-refractivity contribution is 5.97. The first-order valence-electron chi connectivity index (χ1n) is 8.91. The molecule has 2 heterocycles. The number of esters is 1. The van der Waals surface area contributed by atoms with Crippen LogP contribution in [0.15, 0.2) is 30.3 Å². The van der Waals surface area contributed by atoms with E-state index in [1.165, 1.54) is 12.1 Å². The number of amides is 1. The number of halogens is 1. The molecule has 1 saturated heterocycles. The highest BCUT2D eigenvalue weighted by Crippen LogP contribution is 2.25. The zero-order valence-electron chi connectivity index (χ0n) is 15.0. The van der Waals surface area contributed by atoms with Crippen molar-refractivity contribution in [2.75, 3.05) is 19.7 Å². The van der Waals surface area contributed by atoms with E-state index in [1.807, 2.05) is 13.0 Å². The van der Waals surface area contributed by atoms with Crippen molar-refractivity contribution in [1.82, 2.24) is 9.88 Å². The maximum absolute atomic E-state index is 13.1. The zero-order chi connectivity index (χ0) is 18.7. The minimum Gasteiger partial charge on any atom is -0.466 e. The smallest absolute Gasteiger partial charge is 0.309 e. The van der Waals surface area contributed by atoms with Crippen LogP contribution in [0.4, 0.5) is 4.39 Å². The number of likely N-dealkylation sites (tertiary alicyclic amines) is 1. The normalized spacial score (nSPS) is 15.1. The number of hydrogen-bond acceptors (Lipinski definition) is 3. The Bertz CT molecular complexity index is 790. The maximum atomic E-state index is 13.1. The predicted molar refractivity (Wildman–Crippen MR) is 96.2 cm³/mol. The summed E-state index contributed by atoms with van der Waals surface area (Å²) in [6, 6.07) is 7.96. The number of piperidine rings is 1. The number of nitrogens with zero attached hydrogens (tertiary/aromatic N) is 1. The molecule has 0 aliphatic carbocycles. The molecule has 26 heavy (non-hydrogen) atoms. The molecule has 1 amide bonds. The van der Waals surface area contributed by atoms with Crippen LogP contribution in [0.2, 0.25) is 0 Å². The Morgan fingerprint density at radius 1 is 1.23 bits per heavy atom.